The van der Waals surface area contributed by atoms with Crippen LogP contribution in [-0.4, -0.2) is 24.3 Å². The van der Waals surface area contributed by atoms with Gasteiger partial charge >= 0.3 is 11.6 Å². The standard InChI is InChI=1S/C16H14O6/c1-8-7-11-13(15(18)21-8)12(14(22-11)16(19)20-2)9-3-5-10(17)6-4-9/h3-7,12,14,17H,1-2H3/t12-,14+/m0/s1. The molecule has 3 rings (SSSR count). The van der Waals surface area contributed by atoms with Crippen molar-refractivity contribution in [1.82, 2.24) is 0 Å². The minimum Gasteiger partial charge on any atom is -0.508 e. The molecule has 0 amide bonds. The van der Waals surface area contributed by atoms with E-state index in [1.807, 2.05) is 0 Å². The first-order valence-corrected chi connectivity index (χ1v) is 6.69. The van der Waals surface area contributed by atoms with Crippen LogP contribution in [0.1, 0.15) is 22.8 Å². The Kier molecular flexibility index (Phi) is 3.36. The molecule has 1 N–H and O–H groups in total. The maximum absolute atomic E-state index is 12.2. The maximum Gasteiger partial charge on any atom is 0.348 e. The minimum absolute atomic E-state index is 0.0912. The number of carbonyl (C=O) groups excluding carboxylic acids is 1. The lowest BCUT2D eigenvalue weighted by atomic mass is 9.89. The van der Waals surface area contributed by atoms with Crippen molar-refractivity contribution in [2.45, 2.75) is 18.9 Å². The third kappa shape index (κ3) is 2.22. The van der Waals surface area contributed by atoms with Crippen LogP contribution in [0.15, 0.2) is 39.5 Å². The second-order valence-electron chi connectivity index (χ2n) is 5.05. The topological polar surface area (TPSA) is 86.0 Å². The van der Waals surface area contributed by atoms with E-state index in [0.29, 0.717) is 17.1 Å². The molecule has 2 heterocycles. The van der Waals surface area contributed by atoms with Gasteiger partial charge in [0.25, 0.3) is 0 Å². The number of aromatic hydroxyl groups is 1. The fraction of sp³-hybridized carbons (Fsp3) is 0.250. The van der Waals surface area contributed by atoms with Crippen molar-refractivity contribution in [1.29, 1.82) is 0 Å². The van der Waals surface area contributed by atoms with Gasteiger partial charge in [-0.1, -0.05) is 12.1 Å². The average molecular weight is 302 g/mol. The Labute approximate surface area is 125 Å². The largest absolute Gasteiger partial charge is 0.508 e. The van der Waals surface area contributed by atoms with Gasteiger partial charge in [-0.2, -0.15) is 0 Å². The molecule has 0 bridgehead atoms. The number of aryl methyl sites for hydroxylation is 1. The summed E-state index contributed by atoms with van der Waals surface area (Å²) in [5, 5.41) is 9.40. The Hall–Kier alpha value is -2.76. The van der Waals surface area contributed by atoms with E-state index in [9.17, 15) is 14.7 Å². The monoisotopic (exact) mass is 302 g/mol. The highest BCUT2D eigenvalue weighted by Gasteiger charge is 2.43. The number of rotatable bonds is 2. The number of phenolic OH excluding ortho intramolecular Hbond substituents is 1. The zero-order chi connectivity index (χ0) is 15.9. The van der Waals surface area contributed by atoms with Crippen molar-refractivity contribution in [3.05, 3.63) is 57.6 Å². The summed E-state index contributed by atoms with van der Waals surface area (Å²) < 4.78 is 15.5. The number of esters is 1. The quantitative estimate of drug-likeness (QED) is 0.850. The predicted molar refractivity (Wildman–Crippen MR) is 76.1 cm³/mol. The molecule has 0 saturated carbocycles. The summed E-state index contributed by atoms with van der Waals surface area (Å²) in [5.41, 5.74) is 0.397. The number of methoxy groups -OCH3 is 1. The van der Waals surface area contributed by atoms with Crippen molar-refractivity contribution in [3.63, 3.8) is 0 Å². The van der Waals surface area contributed by atoms with Gasteiger partial charge in [0.15, 0.2) is 0 Å². The van der Waals surface area contributed by atoms with Crippen molar-refractivity contribution in [3.8, 4) is 11.5 Å². The van der Waals surface area contributed by atoms with Crippen molar-refractivity contribution < 1.29 is 23.8 Å². The molecule has 0 radical (unpaired) electrons. The number of phenols is 1. The molecule has 1 aromatic heterocycles. The van der Waals surface area contributed by atoms with Crippen LogP contribution >= 0.6 is 0 Å². The van der Waals surface area contributed by atoms with Gasteiger partial charge in [0.2, 0.25) is 6.10 Å². The zero-order valence-corrected chi connectivity index (χ0v) is 12.0. The fourth-order valence-corrected chi connectivity index (χ4v) is 2.65. The number of hydrogen-bond acceptors (Lipinski definition) is 6. The average Bonchev–Trinajstić information content (AvgIpc) is 2.86. The minimum atomic E-state index is -0.964. The second kappa shape index (κ2) is 5.22. The molecule has 6 nitrogen and oxygen atoms in total. The van der Waals surface area contributed by atoms with E-state index in [1.165, 1.54) is 19.2 Å². The highest BCUT2D eigenvalue weighted by atomic mass is 16.6. The zero-order valence-electron chi connectivity index (χ0n) is 12.0. The summed E-state index contributed by atoms with van der Waals surface area (Å²) in [5.74, 6) is -0.402. The van der Waals surface area contributed by atoms with Crippen LogP contribution in [0.3, 0.4) is 0 Å². The Morgan fingerprint density at radius 2 is 1.95 bits per heavy atom. The maximum atomic E-state index is 12.2. The van der Waals surface area contributed by atoms with Crippen molar-refractivity contribution in [2.75, 3.05) is 7.11 Å². The number of benzene rings is 1. The van der Waals surface area contributed by atoms with Crippen LogP contribution in [0.2, 0.25) is 0 Å². The molecule has 1 aromatic carbocycles. The molecule has 6 heteroatoms. The summed E-state index contributed by atoms with van der Waals surface area (Å²) in [4.78, 5) is 24.2. The lowest BCUT2D eigenvalue weighted by Crippen LogP contribution is -2.31. The van der Waals surface area contributed by atoms with Gasteiger partial charge in [-0.05, 0) is 24.6 Å². The molecule has 0 aliphatic carbocycles. The van der Waals surface area contributed by atoms with Gasteiger partial charge < -0.3 is 19.0 Å². The SMILES string of the molecule is COC(=O)[C@@H]1Oc2cc(C)oc(=O)c2[C@@H]1c1ccc(O)cc1. The smallest absolute Gasteiger partial charge is 0.348 e. The molecule has 2 atom stereocenters. The van der Waals surface area contributed by atoms with Crippen molar-refractivity contribution >= 4 is 5.97 Å². The normalized spacial score (nSPS) is 19.4. The first-order valence-electron chi connectivity index (χ1n) is 6.69. The van der Waals surface area contributed by atoms with Gasteiger partial charge in [-0.3, -0.25) is 0 Å². The van der Waals surface area contributed by atoms with Gasteiger partial charge in [-0.25, -0.2) is 9.59 Å². The van der Waals surface area contributed by atoms with Gasteiger partial charge in [0, 0.05) is 6.07 Å². The molecule has 0 fully saturated rings. The molecule has 0 unspecified atom stereocenters. The van der Waals surface area contributed by atoms with E-state index in [-0.39, 0.29) is 11.3 Å². The highest BCUT2D eigenvalue weighted by Crippen LogP contribution is 2.41. The number of carbonyl (C=O) groups is 1. The lowest BCUT2D eigenvalue weighted by Gasteiger charge is -2.16. The van der Waals surface area contributed by atoms with Gasteiger partial charge in [-0.15, -0.1) is 0 Å². The third-order valence-electron chi connectivity index (χ3n) is 3.63. The molecule has 1 aliphatic rings. The van der Waals surface area contributed by atoms with Crippen LogP contribution < -0.4 is 10.4 Å². The number of ether oxygens (including phenoxy) is 2. The molecular formula is C16H14O6. The van der Waals surface area contributed by atoms with E-state index in [1.54, 1.807) is 25.1 Å². The Morgan fingerprint density at radius 3 is 2.59 bits per heavy atom. The van der Waals surface area contributed by atoms with Crippen LogP contribution in [0, 0.1) is 6.92 Å². The van der Waals surface area contributed by atoms with E-state index >= 15 is 0 Å². The summed E-state index contributed by atoms with van der Waals surface area (Å²) >= 11 is 0. The Bertz CT molecular complexity index is 774. The molecule has 2 aromatic rings. The van der Waals surface area contributed by atoms with E-state index in [2.05, 4.69) is 0 Å². The fourth-order valence-electron chi connectivity index (χ4n) is 2.65. The van der Waals surface area contributed by atoms with E-state index in [0.717, 1.165) is 0 Å². The summed E-state index contributed by atoms with van der Waals surface area (Å²) in [6, 6.07) is 7.81. The molecular weight excluding hydrogens is 288 g/mol. The summed E-state index contributed by atoms with van der Waals surface area (Å²) in [7, 11) is 1.26. The molecule has 0 spiro atoms. The third-order valence-corrected chi connectivity index (χ3v) is 3.63. The molecule has 1 aliphatic heterocycles. The lowest BCUT2D eigenvalue weighted by molar-refractivity contribution is -0.148. The first kappa shape index (κ1) is 14.2. The molecule has 114 valence electrons. The van der Waals surface area contributed by atoms with Crippen LogP contribution in [-0.2, 0) is 9.53 Å². The van der Waals surface area contributed by atoms with E-state index in [4.69, 9.17) is 13.9 Å². The van der Waals surface area contributed by atoms with Crippen molar-refractivity contribution in [2.24, 2.45) is 0 Å². The van der Waals surface area contributed by atoms with Crippen LogP contribution in [0.25, 0.3) is 0 Å². The molecule has 22 heavy (non-hydrogen) atoms. The van der Waals surface area contributed by atoms with Gasteiger partial charge in [0.1, 0.15) is 17.3 Å². The van der Waals surface area contributed by atoms with Crippen LogP contribution in [0.5, 0.6) is 11.5 Å². The second-order valence-corrected chi connectivity index (χ2v) is 5.05. The number of hydrogen-bond donors (Lipinski definition) is 1. The summed E-state index contributed by atoms with van der Waals surface area (Å²) in [6.45, 7) is 1.63. The highest BCUT2D eigenvalue weighted by molar-refractivity contribution is 5.79. The predicted octanol–water partition coefficient (Wildman–Crippen LogP) is 1.72. The van der Waals surface area contributed by atoms with E-state index < -0.39 is 23.6 Å². The van der Waals surface area contributed by atoms with Gasteiger partial charge in [0.05, 0.1) is 18.6 Å². The Balaban J connectivity index is 2.17. The number of fused-ring (bicyclic) bond motifs is 1. The first-order chi connectivity index (χ1) is 10.5. The molecule has 0 saturated heterocycles. The van der Waals surface area contributed by atoms with Crippen LogP contribution in [0.4, 0.5) is 0 Å². The summed E-state index contributed by atoms with van der Waals surface area (Å²) in [6.07, 6.45) is -0.964. The Morgan fingerprint density at radius 1 is 1.27 bits per heavy atom.